The predicted molar refractivity (Wildman–Crippen MR) is 53.4 cm³/mol. The normalized spacial score (nSPS) is 34.5. The number of rotatable bonds is 1. The maximum Gasteiger partial charge on any atom is 0.0198 e. The quantitative estimate of drug-likeness (QED) is 0.587. The molecule has 0 aromatic rings. The molecule has 0 radical (unpaired) electrons. The van der Waals surface area contributed by atoms with Gasteiger partial charge in [0, 0.05) is 31.2 Å². The first-order chi connectivity index (χ1) is 5.52. The maximum absolute atomic E-state index is 2.59. The highest BCUT2D eigenvalue weighted by Crippen LogP contribution is 2.15. The summed E-state index contributed by atoms with van der Waals surface area (Å²) in [6, 6.07) is 2.12. The van der Waals surface area contributed by atoms with E-state index in [1.54, 1.807) is 0 Å². The highest BCUT2D eigenvalue weighted by molar-refractivity contribution is 4.84. The molecule has 1 saturated heterocycles. The molecule has 0 N–H and O–H groups in total. The van der Waals surface area contributed by atoms with E-state index >= 15 is 0 Å². The number of hydrogen-bond acceptors (Lipinski definition) is 2. The fourth-order valence-electron chi connectivity index (χ4n) is 2.05. The summed E-state index contributed by atoms with van der Waals surface area (Å²) in [6.07, 6.45) is 0. The second-order valence-corrected chi connectivity index (χ2v) is 4.43. The van der Waals surface area contributed by atoms with Gasteiger partial charge in [-0.05, 0) is 34.7 Å². The number of nitrogens with zero attached hydrogens (tertiary/aromatic N) is 2. The Bertz CT molecular complexity index is 145. The standard InChI is InChI=1S/C10H22N2/c1-8(2)12-7-9(3)11(5)6-10(12)4/h8-10H,6-7H2,1-5H3/t9-,10+/m1/s1. The highest BCUT2D eigenvalue weighted by Gasteiger charge is 2.27. The first kappa shape index (κ1) is 10.0. The molecule has 2 atom stereocenters. The topological polar surface area (TPSA) is 6.48 Å². The lowest BCUT2D eigenvalue weighted by Gasteiger charge is -2.44. The summed E-state index contributed by atoms with van der Waals surface area (Å²) >= 11 is 0. The van der Waals surface area contributed by atoms with Crippen LogP contribution in [0, 0.1) is 0 Å². The summed E-state index contributed by atoms with van der Waals surface area (Å²) < 4.78 is 0. The Morgan fingerprint density at radius 3 is 2.17 bits per heavy atom. The molecule has 0 aromatic heterocycles. The van der Waals surface area contributed by atoms with Gasteiger partial charge in [0.25, 0.3) is 0 Å². The van der Waals surface area contributed by atoms with Crippen LogP contribution in [0.5, 0.6) is 0 Å². The minimum Gasteiger partial charge on any atom is -0.301 e. The van der Waals surface area contributed by atoms with Crippen LogP contribution in [0.3, 0.4) is 0 Å². The molecule has 1 aliphatic rings. The van der Waals surface area contributed by atoms with Crippen LogP contribution in [0.25, 0.3) is 0 Å². The Kier molecular flexibility index (Phi) is 3.13. The van der Waals surface area contributed by atoms with Gasteiger partial charge in [0.05, 0.1) is 0 Å². The van der Waals surface area contributed by atoms with E-state index in [1.165, 1.54) is 13.1 Å². The van der Waals surface area contributed by atoms with Gasteiger partial charge in [-0.1, -0.05) is 0 Å². The molecule has 0 unspecified atom stereocenters. The van der Waals surface area contributed by atoms with Gasteiger partial charge in [-0.3, -0.25) is 4.90 Å². The number of likely N-dealkylation sites (N-methyl/N-ethyl adjacent to an activating group) is 1. The third kappa shape index (κ3) is 1.99. The van der Waals surface area contributed by atoms with Gasteiger partial charge in [0.1, 0.15) is 0 Å². The zero-order valence-corrected chi connectivity index (χ0v) is 9.04. The van der Waals surface area contributed by atoms with Crippen molar-refractivity contribution in [3.63, 3.8) is 0 Å². The second-order valence-electron chi connectivity index (χ2n) is 4.43. The van der Waals surface area contributed by atoms with Crippen molar-refractivity contribution in [1.82, 2.24) is 9.80 Å². The van der Waals surface area contributed by atoms with Gasteiger partial charge in [-0.15, -0.1) is 0 Å². The Hall–Kier alpha value is -0.0800. The molecule has 1 fully saturated rings. The Morgan fingerprint density at radius 1 is 1.08 bits per heavy atom. The van der Waals surface area contributed by atoms with Crippen molar-refractivity contribution in [3.05, 3.63) is 0 Å². The summed E-state index contributed by atoms with van der Waals surface area (Å²) in [4.78, 5) is 5.04. The lowest BCUT2D eigenvalue weighted by molar-refractivity contribution is 0.0387. The van der Waals surface area contributed by atoms with Crippen LogP contribution in [-0.4, -0.2) is 48.1 Å². The van der Waals surface area contributed by atoms with Crippen LogP contribution in [0.15, 0.2) is 0 Å². The Labute approximate surface area is 76.5 Å². The van der Waals surface area contributed by atoms with Crippen LogP contribution < -0.4 is 0 Å². The molecule has 0 saturated carbocycles. The van der Waals surface area contributed by atoms with Crippen LogP contribution in [-0.2, 0) is 0 Å². The molecule has 1 heterocycles. The first-order valence-corrected chi connectivity index (χ1v) is 4.98. The van der Waals surface area contributed by atoms with E-state index in [0.717, 1.165) is 0 Å². The summed E-state index contributed by atoms with van der Waals surface area (Å²) in [5.41, 5.74) is 0. The molecule has 0 bridgehead atoms. The molecule has 0 amide bonds. The Balaban J connectivity index is 2.55. The van der Waals surface area contributed by atoms with E-state index in [9.17, 15) is 0 Å². The summed E-state index contributed by atoms with van der Waals surface area (Å²) in [7, 11) is 2.22. The molecule has 72 valence electrons. The van der Waals surface area contributed by atoms with Crippen molar-refractivity contribution in [2.24, 2.45) is 0 Å². The largest absolute Gasteiger partial charge is 0.301 e. The highest BCUT2D eigenvalue weighted by atomic mass is 15.3. The minimum absolute atomic E-state index is 0.691. The molecule has 2 nitrogen and oxygen atoms in total. The summed E-state index contributed by atoms with van der Waals surface area (Å²) in [6.45, 7) is 11.6. The summed E-state index contributed by atoms with van der Waals surface area (Å²) in [5.74, 6) is 0. The van der Waals surface area contributed by atoms with Crippen molar-refractivity contribution in [2.75, 3.05) is 20.1 Å². The first-order valence-electron chi connectivity index (χ1n) is 4.98. The smallest absolute Gasteiger partial charge is 0.0198 e. The van der Waals surface area contributed by atoms with Crippen molar-refractivity contribution < 1.29 is 0 Å². The van der Waals surface area contributed by atoms with Gasteiger partial charge < -0.3 is 4.90 Å². The third-order valence-corrected chi connectivity index (χ3v) is 3.01. The number of piperazine rings is 1. The van der Waals surface area contributed by atoms with E-state index < -0.39 is 0 Å². The average Bonchev–Trinajstić information content (AvgIpc) is 1.96. The van der Waals surface area contributed by atoms with E-state index in [-0.39, 0.29) is 0 Å². The monoisotopic (exact) mass is 170 g/mol. The average molecular weight is 170 g/mol. The van der Waals surface area contributed by atoms with Crippen molar-refractivity contribution in [3.8, 4) is 0 Å². The molecule has 2 heteroatoms. The molecule has 0 aliphatic carbocycles. The van der Waals surface area contributed by atoms with Gasteiger partial charge >= 0.3 is 0 Å². The van der Waals surface area contributed by atoms with Crippen LogP contribution in [0.2, 0.25) is 0 Å². The molecule has 1 rings (SSSR count). The van der Waals surface area contributed by atoms with Gasteiger partial charge in [0.15, 0.2) is 0 Å². The van der Waals surface area contributed by atoms with E-state index in [0.29, 0.717) is 18.1 Å². The van der Waals surface area contributed by atoms with E-state index in [1.807, 2.05) is 0 Å². The zero-order chi connectivity index (χ0) is 9.30. The van der Waals surface area contributed by atoms with E-state index in [4.69, 9.17) is 0 Å². The molecular weight excluding hydrogens is 148 g/mol. The lowest BCUT2D eigenvalue weighted by Crippen LogP contribution is -2.56. The van der Waals surface area contributed by atoms with Crippen molar-refractivity contribution >= 4 is 0 Å². The van der Waals surface area contributed by atoms with Crippen molar-refractivity contribution in [1.29, 1.82) is 0 Å². The minimum atomic E-state index is 0.691. The Morgan fingerprint density at radius 2 is 1.67 bits per heavy atom. The SMILES string of the molecule is CC(C)N1C[C@@H](C)N(C)C[C@@H]1C. The molecular formula is C10H22N2. The van der Waals surface area contributed by atoms with Gasteiger partial charge in [-0.25, -0.2) is 0 Å². The van der Waals surface area contributed by atoms with Crippen LogP contribution >= 0.6 is 0 Å². The molecule has 12 heavy (non-hydrogen) atoms. The maximum atomic E-state index is 2.59. The molecule has 0 spiro atoms. The zero-order valence-electron chi connectivity index (χ0n) is 9.04. The fraction of sp³-hybridized carbons (Fsp3) is 1.00. The third-order valence-electron chi connectivity index (χ3n) is 3.01. The lowest BCUT2D eigenvalue weighted by atomic mass is 10.1. The van der Waals surface area contributed by atoms with E-state index in [2.05, 4.69) is 44.5 Å². The van der Waals surface area contributed by atoms with Gasteiger partial charge in [0.2, 0.25) is 0 Å². The van der Waals surface area contributed by atoms with Crippen LogP contribution in [0.1, 0.15) is 27.7 Å². The summed E-state index contributed by atoms with van der Waals surface area (Å²) in [5, 5.41) is 0. The van der Waals surface area contributed by atoms with Crippen LogP contribution in [0.4, 0.5) is 0 Å². The molecule has 0 aromatic carbocycles. The predicted octanol–water partition coefficient (Wildman–Crippen LogP) is 1.42. The number of hydrogen-bond donors (Lipinski definition) is 0. The van der Waals surface area contributed by atoms with Gasteiger partial charge in [-0.2, -0.15) is 0 Å². The fourth-order valence-corrected chi connectivity index (χ4v) is 2.05. The van der Waals surface area contributed by atoms with Crippen molar-refractivity contribution in [2.45, 2.75) is 45.8 Å². The molecule has 1 aliphatic heterocycles. The second kappa shape index (κ2) is 3.75.